The van der Waals surface area contributed by atoms with E-state index in [0.29, 0.717) is 6.07 Å². The van der Waals surface area contributed by atoms with Crippen molar-refractivity contribution in [3.8, 4) is 0 Å². The van der Waals surface area contributed by atoms with E-state index in [4.69, 9.17) is 5.11 Å². The number of aromatic amines is 1. The highest BCUT2D eigenvalue weighted by Crippen LogP contribution is 2.28. The fourth-order valence-electron chi connectivity index (χ4n) is 2.26. The summed E-state index contributed by atoms with van der Waals surface area (Å²) in [6.45, 7) is 0. The van der Waals surface area contributed by atoms with Crippen LogP contribution in [0.2, 0.25) is 0 Å². The van der Waals surface area contributed by atoms with Gasteiger partial charge in [-0.1, -0.05) is 0 Å². The summed E-state index contributed by atoms with van der Waals surface area (Å²) in [4.78, 5) is 42.5. The number of carboxylic acid groups (broad SMARTS) is 1. The third-order valence-corrected chi connectivity index (χ3v) is 3.66. The van der Waals surface area contributed by atoms with Crippen LogP contribution in [-0.4, -0.2) is 43.1 Å². The van der Waals surface area contributed by atoms with Gasteiger partial charge in [-0.15, -0.1) is 0 Å². The van der Waals surface area contributed by atoms with Crippen molar-refractivity contribution in [2.24, 2.45) is 0 Å². The maximum atomic E-state index is 12.5. The summed E-state index contributed by atoms with van der Waals surface area (Å²) < 4.78 is 37.6. The van der Waals surface area contributed by atoms with E-state index in [-0.39, 0.29) is 28.2 Å². The number of H-pyrrole nitrogens is 1. The third-order valence-electron chi connectivity index (χ3n) is 3.66. The summed E-state index contributed by atoms with van der Waals surface area (Å²) in [7, 11) is 0. The molecule has 0 saturated heterocycles. The molecule has 0 aliphatic carbocycles. The molecule has 0 aromatic carbocycles. The molecule has 30 heavy (non-hydrogen) atoms. The van der Waals surface area contributed by atoms with Crippen LogP contribution in [0.3, 0.4) is 0 Å². The number of hydrogen-bond donors (Lipinski definition) is 4. The van der Waals surface area contributed by atoms with Gasteiger partial charge in [0.2, 0.25) is 0 Å². The topological polar surface area (TPSA) is 150 Å². The molecule has 0 atom stereocenters. The molecule has 3 aromatic heterocycles. The van der Waals surface area contributed by atoms with Crippen molar-refractivity contribution in [3.63, 3.8) is 0 Å². The fraction of sp³-hybridized carbons (Fsp3) is 0.0588. The van der Waals surface area contributed by atoms with Crippen molar-refractivity contribution < 1.29 is 32.7 Å². The number of alkyl halides is 3. The van der Waals surface area contributed by atoms with Crippen LogP contribution in [0, 0.1) is 0 Å². The zero-order valence-corrected chi connectivity index (χ0v) is 14.7. The number of rotatable bonds is 5. The van der Waals surface area contributed by atoms with Gasteiger partial charge in [0, 0.05) is 18.6 Å². The summed E-state index contributed by atoms with van der Waals surface area (Å²) in [5, 5.41) is 19.7. The summed E-state index contributed by atoms with van der Waals surface area (Å²) >= 11 is 0. The Balaban J connectivity index is 1.73. The van der Waals surface area contributed by atoms with Crippen LogP contribution < -0.4 is 10.6 Å². The second kappa shape index (κ2) is 7.98. The van der Waals surface area contributed by atoms with Gasteiger partial charge in [0.15, 0.2) is 5.69 Å². The number of nitrogens with zero attached hydrogens (tertiary/aromatic N) is 3. The molecule has 0 radical (unpaired) electrons. The maximum Gasteiger partial charge on any atom is 0.433 e. The number of carbonyl (C=O) groups excluding carboxylic acids is 2. The van der Waals surface area contributed by atoms with Crippen LogP contribution in [-0.2, 0) is 6.18 Å². The van der Waals surface area contributed by atoms with E-state index in [9.17, 15) is 27.6 Å². The normalized spacial score (nSPS) is 11.0. The van der Waals surface area contributed by atoms with Gasteiger partial charge in [-0.05, 0) is 18.2 Å². The lowest BCUT2D eigenvalue weighted by Crippen LogP contribution is -2.18. The summed E-state index contributed by atoms with van der Waals surface area (Å²) in [6.07, 6.45) is -0.390. The number of nitrogens with one attached hydrogen (secondary N) is 3. The maximum absolute atomic E-state index is 12.5. The third kappa shape index (κ3) is 4.57. The minimum absolute atomic E-state index is 0.0216. The molecule has 3 aromatic rings. The highest BCUT2D eigenvalue weighted by molar-refractivity contribution is 6.11. The molecule has 13 heteroatoms. The monoisotopic (exact) mass is 420 g/mol. The zero-order chi connectivity index (χ0) is 21.9. The van der Waals surface area contributed by atoms with Crippen molar-refractivity contribution in [1.82, 2.24) is 20.2 Å². The first-order chi connectivity index (χ1) is 14.1. The van der Waals surface area contributed by atoms with Crippen LogP contribution in [0.15, 0.2) is 43.0 Å². The number of amides is 2. The Morgan fingerprint density at radius 3 is 2.37 bits per heavy atom. The molecule has 0 spiro atoms. The number of aromatic carboxylic acids is 1. The van der Waals surface area contributed by atoms with Gasteiger partial charge in [0.05, 0.1) is 28.7 Å². The summed E-state index contributed by atoms with van der Waals surface area (Å²) in [5.74, 6) is -2.85. The highest BCUT2D eigenvalue weighted by Gasteiger charge is 2.32. The largest absolute Gasteiger partial charge is 0.478 e. The van der Waals surface area contributed by atoms with Crippen LogP contribution >= 0.6 is 0 Å². The van der Waals surface area contributed by atoms with Gasteiger partial charge in [0.1, 0.15) is 5.69 Å². The minimum atomic E-state index is -4.62. The van der Waals surface area contributed by atoms with Gasteiger partial charge in [-0.25, -0.2) is 9.78 Å². The Hall–Kier alpha value is -4.29. The van der Waals surface area contributed by atoms with E-state index >= 15 is 0 Å². The van der Waals surface area contributed by atoms with E-state index in [1.165, 1.54) is 6.20 Å². The molecule has 0 unspecified atom stereocenters. The number of halogens is 3. The van der Waals surface area contributed by atoms with Crippen LogP contribution in [0.4, 0.5) is 24.5 Å². The average molecular weight is 420 g/mol. The summed E-state index contributed by atoms with van der Waals surface area (Å²) in [5.41, 5.74) is -1.72. The van der Waals surface area contributed by atoms with Gasteiger partial charge in [0.25, 0.3) is 11.8 Å². The lowest BCUT2D eigenvalue weighted by atomic mass is 10.2. The molecule has 2 amide bonds. The Bertz CT molecular complexity index is 1110. The number of hydrogen-bond acceptors (Lipinski definition) is 6. The second-order valence-corrected chi connectivity index (χ2v) is 5.75. The van der Waals surface area contributed by atoms with E-state index in [1.807, 2.05) is 0 Å². The average Bonchev–Trinajstić information content (AvgIpc) is 3.16. The predicted molar refractivity (Wildman–Crippen MR) is 94.9 cm³/mol. The van der Waals surface area contributed by atoms with E-state index in [0.717, 1.165) is 30.7 Å². The molecule has 154 valence electrons. The molecule has 0 aliphatic rings. The first-order valence-electron chi connectivity index (χ1n) is 8.03. The van der Waals surface area contributed by atoms with E-state index < -0.39 is 29.7 Å². The molecule has 0 saturated carbocycles. The lowest BCUT2D eigenvalue weighted by molar-refractivity contribution is -0.141. The zero-order valence-electron chi connectivity index (χ0n) is 14.7. The standard InChI is InChI=1S/C17H11F3N6O4/c18-17(19,20)12-2-1-10(6-22-12)24-15(28)13-11(7-23-26-13)25-14(27)8-3-9(16(29)30)5-21-4-8/h1-7H,(H,23,26)(H,24,28)(H,25,27)(H,29,30). The van der Waals surface area contributed by atoms with Crippen molar-refractivity contribution in [2.75, 3.05) is 10.6 Å². The Labute approximate surface area is 165 Å². The quantitative estimate of drug-likeness (QED) is 0.495. The number of carbonyl (C=O) groups is 3. The first kappa shape index (κ1) is 20.4. The fourth-order valence-corrected chi connectivity index (χ4v) is 2.26. The van der Waals surface area contributed by atoms with Crippen molar-refractivity contribution in [2.45, 2.75) is 6.18 Å². The lowest BCUT2D eigenvalue weighted by Gasteiger charge is -2.08. The molecule has 0 aliphatic heterocycles. The predicted octanol–water partition coefficient (Wildman–Crippen LogP) is 2.42. The van der Waals surface area contributed by atoms with Gasteiger partial charge in [-0.3, -0.25) is 19.7 Å². The van der Waals surface area contributed by atoms with E-state index in [2.05, 4.69) is 30.8 Å². The van der Waals surface area contributed by atoms with Gasteiger partial charge < -0.3 is 15.7 Å². The Morgan fingerprint density at radius 1 is 1.00 bits per heavy atom. The van der Waals surface area contributed by atoms with Gasteiger partial charge in [-0.2, -0.15) is 18.3 Å². The summed E-state index contributed by atoms with van der Waals surface area (Å²) in [6, 6.07) is 2.81. The van der Waals surface area contributed by atoms with Crippen LogP contribution in [0.5, 0.6) is 0 Å². The molecule has 0 fully saturated rings. The molecular formula is C17H11F3N6O4. The van der Waals surface area contributed by atoms with Crippen LogP contribution in [0.1, 0.15) is 36.9 Å². The SMILES string of the molecule is O=C(O)c1cncc(C(=O)Nc2c[nH]nc2C(=O)Nc2ccc(C(F)(F)F)nc2)c1. The Morgan fingerprint density at radius 2 is 1.73 bits per heavy atom. The molecule has 3 heterocycles. The number of aromatic nitrogens is 4. The number of carboxylic acids is 1. The molecular weight excluding hydrogens is 409 g/mol. The first-order valence-corrected chi connectivity index (χ1v) is 8.03. The smallest absolute Gasteiger partial charge is 0.433 e. The van der Waals surface area contributed by atoms with E-state index in [1.54, 1.807) is 0 Å². The molecule has 0 bridgehead atoms. The number of pyridine rings is 2. The second-order valence-electron chi connectivity index (χ2n) is 5.75. The van der Waals surface area contributed by atoms with Crippen molar-refractivity contribution in [3.05, 3.63) is 65.5 Å². The molecule has 3 rings (SSSR count). The number of anilines is 2. The van der Waals surface area contributed by atoms with Crippen molar-refractivity contribution >= 4 is 29.2 Å². The molecule has 4 N–H and O–H groups in total. The molecule has 10 nitrogen and oxygen atoms in total. The van der Waals surface area contributed by atoms with Gasteiger partial charge >= 0.3 is 12.1 Å². The highest BCUT2D eigenvalue weighted by atomic mass is 19.4. The Kier molecular flexibility index (Phi) is 5.44. The van der Waals surface area contributed by atoms with Crippen LogP contribution in [0.25, 0.3) is 0 Å². The minimum Gasteiger partial charge on any atom is -0.478 e. The van der Waals surface area contributed by atoms with Crippen molar-refractivity contribution in [1.29, 1.82) is 0 Å².